The second kappa shape index (κ2) is 8.88. The molecule has 3 saturated heterocycles. The number of rotatable bonds is 8. The maximum atomic E-state index is 12.1. The molecule has 0 aliphatic carbocycles. The van der Waals surface area contributed by atoms with Gasteiger partial charge < -0.3 is 14.6 Å². The molecule has 3 fully saturated rings. The van der Waals surface area contributed by atoms with Crippen molar-refractivity contribution >= 4 is 5.91 Å². The van der Waals surface area contributed by atoms with E-state index in [4.69, 9.17) is 4.42 Å². The van der Waals surface area contributed by atoms with Gasteiger partial charge in [0.2, 0.25) is 0 Å². The quantitative estimate of drug-likeness (QED) is 0.759. The summed E-state index contributed by atoms with van der Waals surface area (Å²) >= 11 is 0. The van der Waals surface area contributed by atoms with Gasteiger partial charge in [0.05, 0.1) is 6.26 Å². The molecule has 4 atom stereocenters. The largest absolute Gasteiger partial charge is 0.459 e. The van der Waals surface area contributed by atoms with E-state index in [-0.39, 0.29) is 5.91 Å². The van der Waals surface area contributed by atoms with E-state index >= 15 is 0 Å². The third kappa shape index (κ3) is 4.62. The first-order valence-corrected chi connectivity index (χ1v) is 10.3. The first-order chi connectivity index (χ1) is 13.7. The van der Waals surface area contributed by atoms with Crippen molar-refractivity contribution in [2.45, 2.75) is 25.3 Å². The summed E-state index contributed by atoms with van der Waals surface area (Å²) in [4.78, 5) is 21.6. The standard InChI is InChI=1S/C22H30N4O2/c1-25(10-8-19-5-2-3-9-23-19)15-18-16-26-11-7-17(18)13-20(26)14-24-22(27)21-6-4-12-28-21/h2-6,9,12,17-18,20H,7-8,10-11,13-16H2,1H3,(H,24,27)/t17-,18+,20+/m0/s1. The fraction of sp³-hybridized carbons (Fsp3) is 0.545. The molecule has 1 amide bonds. The van der Waals surface area contributed by atoms with E-state index in [1.807, 2.05) is 12.3 Å². The second-order valence-electron chi connectivity index (χ2n) is 8.21. The molecule has 1 unspecified atom stereocenters. The Labute approximate surface area is 166 Å². The monoisotopic (exact) mass is 382 g/mol. The molecule has 0 aromatic carbocycles. The Morgan fingerprint density at radius 1 is 1.36 bits per heavy atom. The number of aromatic nitrogens is 1. The molecule has 6 nitrogen and oxygen atoms in total. The zero-order valence-electron chi connectivity index (χ0n) is 16.6. The number of carbonyl (C=O) groups is 1. The first-order valence-electron chi connectivity index (χ1n) is 10.3. The minimum Gasteiger partial charge on any atom is -0.459 e. The van der Waals surface area contributed by atoms with Crippen molar-refractivity contribution in [2.75, 3.05) is 39.8 Å². The van der Waals surface area contributed by atoms with E-state index < -0.39 is 0 Å². The smallest absolute Gasteiger partial charge is 0.287 e. The summed E-state index contributed by atoms with van der Waals surface area (Å²) in [5.74, 6) is 1.76. The van der Waals surface area contributed by atoms with Crippen molar-refractivity contribution in [2.24, 2.45) is 11.8 Å². The number of nitrogens with zero attached hydrogens (tertiary/aromatic N) is 3. The topological polar surface area (TPSA) is 61.6 Å². The highest BCUT2D eigenvalue weighted by molar-refractivity contribution is 5.91. The molecule has 3 aliphatic heterocycles. The molecular formula is C22H30N4O2. The van der Waals surface area contributed by atoms with Gasteiger partial charge in [-0.3, -0.25) is 14.7 Å². The van der Waals surface area contributed by atoms with Crippen molar-refractivity contribution < 1.29 is 9.21 Å². The molecule has 0 radical (unpaired) electrons. The van der Waals surface area contributed by atoms with Crippen LogP contribution in [0.5, 0.6) is 0 Å². The van der Waals surface area contributed by atoms with Crippen LogP contribution in [0.4, 0.5) is 0 Å². The van der Waals surface area contributed by atoms with Crippen molar-refractivity contribution in [1.29, 1.82) is 0 Å². The average molecular weight is 383 g/mol. The molecule has 0 spiro atoms. The van der Waals surface area contributed by atoms with Gasteiger partial charge in [0.15, 0.2) is 5.76 Å². The lowest BCUT2D eigenvalue weighted by molar-refractivity contribution is -0.00878. The molecule has 3 aliphatic rings. The van der Waals surface area contributed by atoms with Crippen LogP contribution in [-0.4, -0.2) is 66.5 Å². The lowest BCUT2D eigenvalue weighted by Gasteiger charge is -2.50. The Balaban J connectivity index is 1.22. The summed E-state index contributed by atoms with van der Waals surface area (Å²) in [5.41, 5.74) is 1.16. The maximum Gasteiger partial charge on any atom is 0.287 e. The number of hydrogen-bond acceptors (Lipinski definition) is 5. The van der Waals surface area contributed by atoms with Gasteiger partial charge in [0.25, 0.3) is 5.91 Å². The first kappa shape index (κ1) is 19.2. The highest BCUT2D eigenvalue weighted by atomic mass is 16.3. The molecule has 2 bridgehead atoms. The van der Waals surface area contributed by atoms with Crippen LogP contribution in [0.15, 0.2) is 47.2 Å². The summed E-state index contributed by atoms with van der Waals surface area (Å²) in [6.45, 7) is 5.18. The molecular weight excluding hydrogens is 352 g/mol. The molecule has 150 valence electrons. The maximum absolute atomic E-state index is 12.1. The van der Waals surface area contributed by atoms with Crippen LogP contribution >= 0.6 is 0 Å². The SMILES string of the molecule is CN(CCc1ccccn1)C[C@@H]1CN2CC[C@H]1C[C@@H]2CNC(=O)c1ccco1. The summed E-state index contributed by atoms with van der Waals surface area (Å²) in [6.07, 6.45) is 6.86. The number of fused-ring (bicyclic) bond motifs is 3. The minimum absolute atomic E-state index is 0.113. The van der Waals surface area contributed by atoms with Crippen LogP contribution in [0, 0.1) is 11.8 Å². The van der Waals surface area contributed by atoms with Crippen LogP contribution < -0.4 is 5.32 Å². The lowest BCUT2D eigenvalue weighted by Crippen LogP contribution is -2.58. The fourth-order valence-corrected chi connectivity index (χ4v) is 4.72. The van der Waals surface area contributed by atoms with Gasteiger partial charge in [-0.05, 0) is 62.5 Å². The molecule has 0 saturated carbocycles. The number of amides is 1. The van der Waals surface area contributed by atoms with Crippen molar-refractivity contribution in [3.8, 4) is 0 Å². The molecule has 5 rings (SSSR count). The third-order valence-electron chi connectivity index (χ3n) is 6.28. The van der Waals surface area contributed by atoms with Crippen LogP contribution in [-0.2, 0) is 6.42 Å². The fourth-order valence-electron chi connectivity index (χ4n) is 4.72. The van der Waals surface area contributed by atoms with Gasteiger partial charge in [-0.15, -0.1) is 0 Å². The van der Waals surface area contributed by atoms with Gasteiger partial charge in [0, 0.05) is 50.5 Å². The number of likely N-dealkylation sites (N-methyl/N-ethyl adjacent to an activating group) is 1. The summed E-state index contributed by atoms with van der Waals surface area (Å²) in [5, 5.41) is 3.04. The molecule has 1 N–H and O–H groups in total. The van der Waals surface area contributed by atoms with E-state index in [1.54, 1.807) is 12.1 Å². The van der Waals surface area contributed by atoms with Gasteiger partial charge in [-0.25, -0.2) is 0 Å². The molecule has 28 heavy (non-hydrogen) atoms. The Bertz CT molecular complexity index is 749. The zero-order chi connectivity index (χ0) is 19.3. The van der Waals surface area contributed by atoms with E-state index in [0.29, 0.717) is 18.3 Å². The van der Waals surface area contributed by atoms with Gasteiger partial charge in [-0.2, -0.15) is 0 Å². The van der Waals surface area contributed by atoms with Crippen molar-refractivity contribution in [3.05, 3.63) is 54.2 Å². The lowest BCUT2D eigenvalue weighted by atomic mass is 9.75. The van der Waals surface area contributed by atoms with Crippen molar-refractivity contribution in [1.82, 2.24) is 20.1 Å². The Morgan fingerprint density at radius 2 is 2.29 bits per heavy atom. The van der Waals surface area contributed by atoms with Gasteiger partial charge in [-0.1, -0.05) is 6.07 Å². The summed E-state index contributed by atoms with van der Waals surface area (Å²) in [7, 11) is 2.22. The summed E-state index contributed by atoms with van der Waals surface area (Å²) in [6, 6.07) is 10.0. The zero-order valence-corrected chi connectivity index (χ0v) is 16.6. The highest BCUT2D eigenvalue weighted by Crippen LogP contribution is 2.36. The number of hydrogen-bond donors (Lipinski definition) is 1. The molecule has 2 aromatic heterocycles. The number of carbonyl (C=O) groups excluding carboxylic acids is 1. The van der Waals surface area contributed by atoms with Gasteiger partial charge in [0.1, 0.15) is 0 Å². The molecule has 2 aromatic rings. The Morgan fingerprint density at radius 3 is 3.00 bits per heavy atom. The number of nitrogens with one attached hydrogen (secondary N) is 1. The Hall–Kier alpha value is -2.18. The summed E-state index contributed by atoms with van der Waals surface area (Å²) < 4.78 is 5.18. The van der Waals surface area contributed by atoms with E-state index in [1.165, 1.54) is 19.1 Å². The van der Waals surface area contributed by atoms with E-state index in [0.717, 1.165) is 50.1 Å². The van der Waals surface area contributed by atoms with Crippen LogP contribution in [0.3, 0.4) is 0 Å². The van der Waals surface area contributed by atoms with Crippen LogP contribution in [0.2, 0.25) is 0 Å². The van der Waals surface area contributed by atoms with Crippen LogP contribution in [0.1, 0.15) is 29.1 Å². The molecule has 5 heterocycles. The normalized spacial score (nSPS) is 26.5. The highest BCUT2D eigenvalue weighted by Gasteiger charge is 2.40. The second-order valence-corrected chi connectivity index (χ2v) is 8.21. The van der Waals surface area contributed by atoms with Gasteiger partial charge >= 0.3 is 0 Å². The predicted molar refractivity (Wildman–Crippen MR) is 108 cm³/mol. The average Bonchev–Trinajstić information content (AvgIpc) is 3.27. The van der Waals surface area contributed by atoms with Crippen molar-refractivity contribution in [3.63, 3.8) is 0 Å². The van der Waals surface area contributed by atoms with E-state index in [2.05, 4.69) is 39.3 Å². The Kier molecular flexibility index (Phi) is 6.07. The minimum atomic E-state index is -0.113. The number of furan rings is 1. The third-order valence-corrected chi connectivity index (χ3v) is 6.28. The van der Waals surface area contributed by atoms with Crippen LogP contribution in [0.25, 0.3) is 0 Å². The number of pyridine rings is 1. The predicted octanol–water partition coefficient (Wildman–Crippen LogP) is 2.29. The molecule has 6 heteroatoms. The number of piperidine rings is 3. The van der Waals surface area contributed by atoms with E-state index in [9.17, 15) is 4.79 Å².